The first kappa shape index (κ1) is 12.4. The molecule has 2 heterocycles. The van der Waals surface area contributed by atoms with Crippen molar-refractivity contribution in [3.8, 4) is 0 Å². The van der Waals surface area contributed by atoms with Gasteiger partial charge in [-0.15, -0.1) is 10.2 Å². The highest BCUT2D eigenvalue weighted by Crippen LogP contribution is 2.20. The average Bonchev–Trinajstić information content (AvgIpc) is 2.84. The number of hydrogen-bond donors (Lipinski definition) is 1. The van der Waals surface area contributed by atoms with Gasteiger partial charge >= 0.3 is 0 Å². The van der Waals surface area contributed by atoms with E-state index in [4.69, 9.17) is 0 Å². The normalized spacial score (nSPS) is 18.3. The summed E-state index contributed by atoms with van der Waals surface area (Å²) in [6.45, 7) is 6.27. The Bertz CT molecular complexity index is 556. The third-order valence-corrected chi connectivity index (χ3v) is 3.78. The van der Waals surface area contributed by atoms with Gasteiger partial charge in [0.05, 0.1) is 6.04 Å². The molecule has 19 heavy (non-hydrogen) atoms. The third-order valence-electron chi connectivity index (χ3n) is 3.78. The summed E-state index contributed by atoms with van der Waals surface area (Å²) in [5, 5.41) is 12.2. The largest absolute Gasteiger partial charge is 0.312 e. The molecule has 2 aromatic rings. The van der Waals surface area contributed by atoms with Gasteiger partial charge in [0, 0.05) is 19.5 Å². The summed E-state index contributed by atoms with van der Waals surface area (Å²) in [7, 11) is 0. The van der Waals surface area contributed by atoms with Gasteiger partial charge in [0.2, 0.25) is 0 Å². The number of nitrogens with one attached hydrogen (secondary N) is 1. The Hall–Kier alpha value is -1.68. The molecule has 0 spiro atoms. The summed E-state index contributed by atoms with van der Waals surface area (Å²) in [5.74, 6) is 2.18. The minimum absolute atomic E-state index is 0.355. The standard InChI is InChI=1S/C15H20N4/c1-3-13-15-18-17-14(19(15)9-8-16-13)10-12-6-4-11(2)5-7-12/h4-7,13,16H,3,8-10H2,1-2H3. The highest BCUT2D eigenvalue weighted by molar-refractivity contribution is 5.24. The fourth-order valence-electron chi connectivity index (χ4n) is 2.64. The fourth-order valence-corrected chi connectivity index (χ4v) is 2.64. The lowest BCUT2D eigenvalue weighted by atomic mass is 10.1. The van der Waals surface area contributed by atoms with Crippen molar-refractivity contribution in [1.29, 1.82) is 0 Å². The monoisotopic (exact) mass is 256 g/mol. The minimum Gasteiger partial charge on any atom is -0.312 e. The van der Waals surface area contributed by atoms with Gasteiger partial charge in [-0.1, -0.05) is 36.8 Å². The van der Waals surface area contributed by atoms with Crippen molar-refractivity contribution in [3.05, 3.63) is 47.0 Å². The lowest BCUT2D eigenvalue weighted by molar-refractivity contribution is 0.401. The zero-order valence-electron chi connectivity index (χ0n) is 11.6. The molecule has 0 bridgehead atoms. The summed E-state index contributed by atoms with van der Waals surface area (Å²) in [6, 6.07) is 9.01. The molecule has 0 saturated heterocycles. The van der Waals surface area contributed by atoms with Crippen LogP contribution in [0.1, 0.15) is 42.2 Å². The predicted octanol–water partition coefficient (Wildman–Crippen LogP) is 2.23. The highest BCUT2D eigenvalue weighted by atomic mass is 15.3. The zero-order valence-corrected chi connectivity index (χ0v) is 11.6. The number of hydrogen-bond acceptors (Lipinski definition) is 3. The summed E-state index contributed by atoms with van der Waals surface area (Å²) in [5.41, 5.74) is 2.59. The molecule has 4 nitrogen and oxygen atoms in total. The smallest absolute Gasteiger partial charge is 0.150 e. The summed E-state index contributed by atoms with van der Waals surface area (Å²) in [4.78, 5) is 0. The van der Waals surface area contributed by atoms with Crippen LogP contribution in [0.5, 0.6) is 0 Å². The Morgan fingerprint density at radius 3 is 2.79 bits per heavy atom. The van der Waals surface area contributed by atoms with Crippen LogP contribution in [0.15, 0.2) is 24.3 Å². The van der Waals surface area contributed by atoms with Gasteiger partial charge in [0.1, 0.15) is 11.6 Å². The summed E-state index contributed by atoms with van der Waals surface area (Å²) in [6.07, 6.45) is 1.92. The summed E-state index contributed by atoms with van der Waals surface area (Å²) >= 11 is 0. The van der Waals surface area contributed by atoms with E-state index in [0.717, 1.165) is 37.6 Å². The number of rotatable bonds is 3. The minimum atomic E-state index is 0.355. The molecule has 1 aromatic carbocycles. The number of nitrogens with zero attached hydrogens (tertiary/aromatic N) is 3. The fraction of sp³-hybridized carbons (Fsp3) is 0.467. The average molecular weight is 256 g/mol. The van der Waals surface area contributed by atoms with Gasteiger partial charge in [-0.3, -0.25) is 0 Å². The van der Waals surface area contributed by atoms with Crippen LogP contribution < -0.4 is 5.32 Å². The molecule has 1 aromatic heterocycles. The molecule has 0 aliphatic carbocycles. The number of benzene rings is 1. The van der Waals surface area contributed by atoms with Crippen molar-refractivity contribution in [3.63, 3.8) is 0 Å². The van der Waals surface area contributed by atoms with Crippen molar-refractivity contribution < 1.29 is 0 Å². The first-order chi connectivity index (χ1) is 9.28. The van der Waals surface area contributed by atoms with E-state index in [2.05, 4.69) is 58.2 Å². The van der Waals surface area contributed by atoms with Gasteiger partial charge in [0.25, 0.3) is 0 Å². The molecule has 1 unspecified atom stereocenters. The van der Waals surface area contributed by atoms with Crippen molar-refractivity contribution in [2.24, 2.45) is 0 Å². The van der Waals surface area contributed by atoms with Crippen LogP contribution >= 0.6 is 0 Å². The van der Waals surface area contributed by atoms with E-state index in [-0.39, 0.29) is 0 Å². The Labute approximate surface area is 113 Å². The Balaban J connectivity index is 1.86. The van der Waals surface area contributed by atoms with Crippen molar-refractivity contribution in [2.75, 3.05) is 6.54 Å². The molecule has 1 aliphatic rings. The lowest BCUT2D eigenvalue weighted by Crippen LogP contribution is -2.33. The first-order valence-corrected chi connectivity index (χ1v) is 6.99. The Morgan fingerprint density at radius 1 is 1.26 bits per heavy atom. The maximum atomic E-state index is 4.39. The van der Waals surface area contributed by atoms with Crippen LogP contribution in [0.4, 0.5) is 0 Å². The van der Waals surface area contributed by atoms with E-state index in [9.17, 15) is 0 Å². The van der Waals surface area contributed by atoms with Gasteiger partial charge in [-0.2, -0.15) is 0 Å². The van der Waals surface area contributed by atoms with Crippen LogP contribution in [0.2, 0.25) is 0 Å². The third kappa shape index (κ3) is 2.40. The SMILES string of the molecule is CCC1NCCn2c(Cc3ccc(C)cc3)nnc21. The van der Waals surface area contributed by atoms with E-state index >= 15 is 0 Å². The van der Waals surface area contributed by atoms with E-state index in [0.29, 0.717) is 6.04 Å². The van der Waals surface area contributed by atoms with Gasteiger partial charge < -0.3 is 9.88 Å². The Kier molecular flexibility index (Phi) is 3.34. The molecule has 100 valence electrons. The molecule has 1 N–H and O–H groups in total. The van der Waals surface area contributed by atoms with Crippen molar-refractivity contribution in [2.45, 2.75) is 39.3 Å². The second kappa shape index (κ2) is 5.13. The topological polar surface area (TPSA) is 42.7 Å². The van der Waals surface area contributed by atoms with Crippen molar-refractivity contribution in [1.82, 2.24) is 20.1 Å². The highest BCUT2D eigenvalue weighted by Gasteiger charge is 2.23. The van der Waals surface area contributed by atoms with E-state index < -0.39 is 0 Å². The molecule has 0 fully saturated rings. The molecule has 4 heteroatoms. The maximum absolute atomic E-state index is 4.39. The van der Waals surface area contributed by atoms with E-state index in [1.54, 1.807) is 0 Å². The molecule has 0 saturated carbocycles. The molecule has 0 amide bonds. The quantitative estimate of drug-likeness (QED) is 0.915. The van der Waals surface area contributed by atoms with Crippen LogP contribution in [-0.4, -0.2) is 21.3 Å². The molecule has 1 atom stereocenters. The first-order valence-electron chi connectivity index (χ1n) is 6.99. The number of aryl methyl sites for hydroxylation is 1. The van der Waals surface area contributed by atoms with E-state index in [1.165, 1.54) is 11.1 Å². The van der Waals surface area contributed by atoms with Gasteiger partial charge in [-0.05, 0) is 18.9 Å². The molecular formula is C15H20N4. The zero-order chi connectivity index (χ0) is 13.2. The molecule has 1 aliphatic heterocycles. The van der Waals surface area contributed by atoms with Crippen LogP contribution in [0.3, 0.4) is 0 Å². The van der Waals surface area contributed by atoms with Gasteiger partial charge in [-0.25, -0.2) is 0 Å². The predicted molar refractivity (Wildman–Crippen MR) is 75.0 cm³/mol. The second-order valence-electron chi connectivity index (χ2n) is 5.20. The number of aromatic nitrogens is 3. The van der Waals surface area contributed by atoms with Crippen molar-refractivity contribution >= 4 is 0 Å². The molecular weight excluding hydrogens is 236 g/mol. The Morgan fingerprint density at radius 2 is 2.05 bits per heavy atom. The molecule has 3 rings (SSSR count). The van der Waals surface area contributed by atoms with Crippen LogP contribution in [0.25, 0.3) is 0 Å². The maximum Gasteiger partial charge on any atom is 0.150 e. The molecule has 0 radical (unpaired) electrons. The number of fused-ring (bicyclic) bond motifs is 1. The summed E-state index contributed by atoms with van der Waals surface area (Å²) < 4.78 is 2.28. The van der Waals surface area contributed by atoms with E-state index in [1.807, 2.05) is 0 Å². The lowest BCUT2D eigenvalue weighted by Gasteiger charge is -2.24. The van der Waals surface area contributed by atoms with Crippen LogP contribution in [0, 0.1) is 6.92 Å². The van der Waals surface area contributed by atoms with Crippen LogP contribution in [-0.2, 0) is 13.0 Å². The van der Waals surface area contributed by atoms with Gasteiger partial charge in [0.15, 0.2) is 0 Å². The second-order valence-corrected chi connectivity index (χ2v) is 5.20.